The van der Waals surface area contributed by atoms with E-state index < -0.39 is 5.97 Å². The van der Waals surface area contributed by atoms with E-state index in [0.717, 1.165) is 43.0 Å². The zero-order valence-electron chi connectivity index (χ0n) is 13.7. The summed E-state index contributed by atoms with van der Waals surface area (Å²) in [5.74, 6) is -0.896. The van der Waals surface area contributed by atoms with Crippen LogP contribution >= 0.6 is 0 Å². The molecule has 1 aromatic carbocycles. The van der Waals surface area contributed by atoms with E-state index in [-0.39, 0.29) is 5.92 Å². The Labute approximate surface area is 136 Å². The number of likely N-dealkylation sites (tertiary alicyclic amines) is 1. The van der Waals surface area contributed by atoms with Crippen molar-refractivity contribution in [2.75, 3.05) is 13.1 Å². The molecule has 0 spiro atoms. The van der Waals surface area contributed by atoms with Crippen molar-refractivity contribution in [1.82, 2.24) is 14.7 Å². The average Bonchev–Trinajstić information content (AvgIpc) is 2.87. The highest BCUT2D eigenvalue weighted by Gasteiger charge is 2.25. The summed E-state index contributed by atoms with van der Waals surface area (Å²) in [5, 5.41) is 13.7. The second-order valence-electron chi connectivity index (χ2n) is 6.42. The van der Waals surface area contributed by atoms with Crippen LogP contribution in [0.3, 0.4) is 0 Å². The number of aliphatic carboxylic acids is 1. The van der Waals surface area contributed by atoms with Crippen molar-refractivity contribution in [2.24, 2.45) is 5.92 Å². The molecule has 0 amide bonds. The maximum absolute atomic E-state index is 11.2. The lowest BCUT2D eigenvalue weighted by Crippen LogP contribution is -2.38. The number of aryl methyl sites for hydroxylation is 2. The summed E-state index contributed by atoms with van der Waals surface area (Å²) in [6.07, 6.45) is 1.75. The SMILES string of the molecule is Cc1cc(C)n(-c2ccc(CN3CCCC(C(=O)O)C3)cc2)n1. The van der Waals surface area contributed by atoms with Crippen molar-refractivity contribution in [3.63, 3.8) is 0 Å². The largest absolute Gasteiger partial charge is 0.481 e. The van der Waals surface area contributed by atoms with Crippen molar-refractivity contribution in [3.8, 4) is 5.69 Å². The Balaban J connectivity index is 1.68. The molecule has 0 bridgehead atoms. The Morgan fingerprint density at radius 1 is 1.30 bits per heavy atom. The first kappa shape index (κ1) is 15.7. The molecule has 1 aromatic heterocycles. The van der Waals surface area contributed by atoms with Crippen molar-refractivity contribution in [1.29, 1.82) is 0 Å². The van der Waals surface area contributed by atoms with Crippen LogP contribution in [0.2, 0.25) is 0 Å². The van der Waals surface area contributed by atoms with Crippen molar-refractivity contribution < 1.29 is 9.90 Å². The van der Waals surface area contributed by atoms with Crippen LogP contribution < -0.4 is 0 Å². The van der Waals surface area contributed by atoms with Gasteiger partial charge in [-0.2, -0.15) is 5.10 Å². The lowest BCUT2D eigenvalue weighted by Gasteiger charge is -2.30. The normalized spacial score (nSPS) is 19.0. The number of carboxylic acid groups (broad SMARTS) is 1. The molecule has 1 unspecified atom stereocenters. The third-order valence-corrected chi connectivity index (χ3v) is 4.45. The van der Waals surface area contributed by atoms with Crippen molar-refractivity contribution in [3.05, 3.63) is 47.3 Å². The van der Waals surface area contributed by atoms with Crippen LogP contribution in [0.4, 0.5) is 0 Å². The quantitative estimate of drug-likeness (QED) is 0.943. The fourth-order valence-corrected chi connectivity index (χ4v) is 3.29. The highest BCUT2D eigenvalue weighted by atomic mass is 16.4. The first-order valence-corrected chi connectivity index (χ1v) is 8.10. The number of nitrogens with zero attached hydrogens (tertiary/aromatic N) is 3. The van der Waals surface area contributed by atoms with Gasteiger partial charge in [0.2, 0.25) is 0 Å². The predicted molar refractivity (Wildman–Crippen MR) is 88.7 cm³/mol. The van der Waals surface area contributed by atoms with Crippen molar-refractivity contribution in [2.45, 2.75) is 33.2 Å². The van der Waals surface area contributed by atoms with E-state index in [0.29, 0.717) is 6.54 Å². The molecule has 2 heterocycles. The second kappa shape index (κ2) is 6.54. The number of benzene rings is 1. The molecular weight excluding hydrogens is 290 g/mol. The number of carbonyl (C=O) groups is 1. The van der Waals surface area contributed by atoms with Crippen LogP contribution in [0.1, 0.15) is 29.8 Å². The Morgan fingerprint density at radius 2 is 2.04 bits per heavy atom. The molecule has 122 valence electrons. The van der Waals surface area contributed by atoms with Gasteiger partial charge in [-0.05, 0) is 57.0 Å². The van der Waals surface area contributed by atoms with Gasteiger partial charge in [0.15, 0.2) is 0 Å². The predicted octanol–water partition coefficient (Wildman–Crippen LogP) is 2.79. The maximum Gasteiger partial charge on any atom is 0.307 e. The zero-order valence-corrected chi connectivity index (χ0v) is 13.7. The first-order valence-electron chi connectivity index (χ1n) is 8.10. The van der Waals surface area contributed by atoms with E-state index in [1.807, 2.05) is 18.5 Å². The molecular formula is C18H23N3O2. The molecule has 1 atom stereocenters. The molecule has 0 radical (unpaired) electrons. The third kappa shape index (κ3) is 3.62. The molecule has 5 heteroatoms. The summed E-state index contributed by atoms with van der Waals surface area (Å²) < 4.78 is 1.94. The molecule has 1 fully saturated rings. The molecule has 1 N–H and O–H groups in total. The number of aromatic nitrogens is 2. The molecule has 2 aromatic rings. The summed E-state index contributed by atoms with van der Waals surface area (Å²) in [6, 6.07) is 10.4. The highest BCUT2D eigenvalue weighted by molar-refractivity contribution is 5.70. The minimum atomic E-state index is -0.672. The molecule has 5 nitrogen and oxygen atoms in total. The molecule has 1 aliphatic rings. The topological polar surface area (TPSA) is 58.4 Å². The molecule has 1 saturated heterocycles. The summed E-state index contributed by atoms with van der Waals surface area (Å²) in [4.78, 5) is 13.4. The van der Waals surface area contributed by atoms with Gasteiger partial charge in [-0.15, -0.1) is 0 Å². The van der Waals surface area contributed by atoms with E-state index in [9.17, 15) is 9.90 Å². The van der Waals surface area contributed by atoms with E-state index in [4.69, 9.17) is 0 Å². The maximum atomic E-state index is 11.2. The van der Waals surface area contributed by atoms with Crippen LogP contribution in [0.5, 0.6) is 0 Å². The average molecular weight is 313 g/mol. The molecule has 3 rings (SSSR count). The molecule has 0 saturated carbocycles. The molecule has 0 aliphatic carbocycles. The van der Waals surface area contributed by atoms with Gasteiger partial charge < -0.3 is 5.11 Å². The monoisotopic (exact) mass is 313 g/mol. The highest BCUT2D eigenvalue weighted by Crippen LogP contribution is 2.20. The number of rotatable bonds is 4. The van der Waals surface area contributed by atoms with Gasteiger partial charge in [0.1, 0.15) is 0 Å². The van der Waals surface area contributed by atoms with E-state index in [1.54, 1.807) is 0 Å². The first-order chi connectivity index (χ1) is 11.0. The molecule has 1 aliphatic heterocycles. The van der Waals surface area contributed by atoms with E-state index >= 15 is 0 Å². The summed E-state index contributed by atoms with van der Waals surface area (Å²) in [7, 11) is 0. The lowest BCUT2D eigenvalue weighted by atomic mass is 9.98. The van der Waals surface area contributed by atoms with Crippen LogP contribution in [0, 0.1) is 19.8 Å². The van der Waals surface area contributed by atoms with E-state index in [1.165, 1.54) is 5.56 Å². The van der Waals surface area contributed by atoms with Crippen LogP contribution in [0.15, 0.2) is 30.3 Å². The van der Waals surface area contributed by atoms with Gasteiger partial charge in [-0.25, -0.2) is 4.68 Å². The smallest absolute Gasteiger partial charge is 0.307 e. The van der Waals surface area contributed by atoms with Crippen LogP contribution in [-0.2, 0) is 11.3 Å². The van der Waals surface area contributed by atoms with Gasteiger partial charge in [-0.3, -0.25) is 9.69 Å². The van der Waals surface area contributed by atoms with Gasteiger partial charge in [0, 0.05) is 18.8 Å². The van der Waals surface area contributed by atoms with Crippen molar-refractivity contribution >= 4 is 5.97 Å². The number of piperidine rings is 1. The van der Waals surface area contributed by atoms with Crippen LogP contribution in [0.25, 0.3) is 5.69 Å². The summed E-state index contributed by atoms with van der Waals surface area (Å²) >= 11 is 0. The van der Waals surface area contributed by atoms with Gasteiger partial charge in [0.25, 0.3) is 0 Å². The Bertz CT molecular complexity index is 691. The van der Waals surface area contributed by atoms with Gasteiger partial charge in [0.05, 0.1) is 17.3 Å². The second-order valence-corrected chi connectivity index (χ2v) is 6.42. The third-order valence-electron chi connectivity index (χ3n) is 4.45. The summed E-state index contributed by atoms with van der Waals surface area (Å²) in [5.41, 5.74) is 4.40. The fourth-order valence-electron chi connectivity index (χ4n) is 3.29. The van der Waals surface area contributed by atoms with Crippen LogP contribution in [-0.4, -0.2) is 38.8 Å². The minimum Gasteiger partial charge on any atom is -0.481 e. The minimum absolute atomic E-state index is 0.224. The molecule has 23 heavy (non-hydrogen) atoms. The van der Waals surface area contributed by atoms with Gasteiger partial charge in [-0.1, -0.05) is 12.1 Å². The lowest BCUT2D eigenvalue weighted by molar-refractivity contribution is -0.143. The number of carboxylic acids is 1. The standard InChI is InChI=1S/C18H23N3O2/c1-13-10-14(2)21(19-13)17-7-5-15(6-8-17)11-20-9-3-4-16(12-20)18(22)23/h5-8,10,16H,3-4,9,11-12H2,1-2H3,(H,22,23). The van der Waals surface area contributed by atoms with E-state index in [2.05, 4.69) is 40.3 Å². The zero-order chi connectivity index (χ0) is 16.4. The number of hydrogen-bond donors (Lipinski definition) is 1. The Morgan fingerprint density at radius 3 is 2.65 bits per heavy atom. The Kier molecular flexibility index (Phi) is 4.48. The summed E-state index contributed by atoms with van der Waals surface area (Å²) in [6.45, 7) is 6.47. The fraction of sp³-hybridized carbons (Fsp3) is 0.444. The van der Waals surface area contributed by atoms with Gasteiger partial charge >= 0.3 is 5.97 Å². The number of hydrogen-bond acceptors (Lipinski definition) is 3. The Hall–Kier alpha value is -2.14.